The third-order valence-electron chi connectivity index (χ3n) is 4.83. The highest BCUT2D eigenvalue weighted by Crippen LogP contribution is 2.46. The van der Waals surface area contributed by atoms with E-state index in [-0.39, 0.29) is 17.0 Å². The number of nitrogens with zero attached hydrogens (tertiary/aromatic N) is 1. The van der Waals surface area contributed by atoms with Crippen LogP contribution in [0.4, 0.5) is 10.1 Å². The highest BCUT2D eigenvalue weighted by molar-refractivity contribution is 7.99. The maximum absolute atomic E-state index is 13.2. The average Bonchev–Trinajstić information content (AvgIpc) is 2.86. The summed E-state index contributed by atoms with van der Waals surface area (Å²) in [7, 11) is 1.64. The minimum Gasteiger partial charge on any atom is -0.497 e. The molecule has 0 N–H and O–H groups in total. The van der Waals surface area contributed by atoms with E-state index in [0.29, 0.717) is 13.0 Å². The maximum atomic E-state index is 13.2. The van der Waals surface area contributed by atoms with Crippen LogP contribution in [0.5, 0.6) is 5.75 Å². The van der Waals surface area contributed by atoms with Crippen molar-refractivity contribution in [2.24, 2.45) is 0 Å². The molecule has 1 atom stereocenters. The van der Waals surface area contributed by atoms with Crippen LogP contribution in [0.1, 0.15) is 22.8 Å². The summed E-state index contributed by atoms with van der Waals surface area (Å²) in [6.07, 6.45) is 0.396. The van der Waals surface area contributed by atoms with E-state index in [2.05, 4.69) is 0 Å². The van der Waals surface area contributed by atoms with Gasteiger partial charge in [-0.05, 0) is 47.5 Å². The number of methoxy groups -OCH3 is 1. The zero-order chi connectivity index (χ0) is 19.5. The van der Waals surface area contributed by atoms with Crippen molar-refractivity contribution in [2.45, 2.75) is 23.1 Å². The lowest BCUT2D eigenvalue weighted by molar-refractivity contribution is -0.118. The van der Waals surface area contributed by atoms with Gasteiger partial charge in [0.2, 0.25) is 5.91 Å². The van der Waals surface area contributed by atoms with Crippen LogP contribution in [-0.2, 0) is 11.3 Å². The van der Waals surface area contributed by atoms with Crippen LogP contribution < -0.4 is 9.64 Å². The van der Waals surface area contributed by atoms with E-state index in [9.17, 15) is 9.18 Å². The Hall–Kier alpha value is -2.79. The highest BCUT2D eigenvalue weighted by atomic mass is 32.2. The minimum atomic E-state index is -0.276. The number of amides is 1. The van der Waals surface area contributed by atoms with Gasteiger partial charge in [0.1, 0.15) is 11.6 Å². The summed E-state index contributed by atoms with van der Waals surface area (Å²) in [4.78, 5) is 16.0. The largest absolute Gasteiger partial charge is 0.497 e. The van der Waals surface area contributed by atoms with Crippen molar-refractivity contribution in [3.8, 4) is 5.75 Å². The Balaban J connectivity index is 1.66. The fourth-order valence-corrected chi connectivity index (χ4v) is 4.61. The van der Waals surface area contributed by atoms with Crippen LogP contribution in [0, 0.1) is 5.82 Å². The monoisotopic (exact) mass is 393 g/mol. The van der Waals surface area contributed by atoms with Gasteiger partial charge in [-0.2, -0.15) is 0 Å². The topological polar surface area (TPSA) is 29.5 Å². The second kappa shape index (κ2) is 8.07. The molecule has 3 aromatic carbocycles. The minimum absolute atomic E-state index is 0.0257. The van der Waals surface area contributed by atoms with Crippen LogP contribution >= 0.6 is 11.8 Å². The van der Waals surface area contributed by atoms with E-state index in [1.165, 1.54) is 12.1 Å². The van der Waals surface area contributed by atoms with Crippen LogP contribution in [0.15, 0.2) is 77.7 Å². The summed E-state index contributed by atoms with van der Waals surface area (Å²) in [6.45, 7) is 0.423. The normalized spacial score (nSPS) is 16.4. The van der Waals surface area contributed by atoms with Crippen LogP contribution in [0.25, 0.3) is 0 Å². The van der Waals surface area contributed by atoms with E-state index in [0.717, 1.165) is 27.5 Å². The van der Waals surface area contributed by atoms with E-state index in [4.69, 9.17) is 4.74 Å². The number of halogens is 1. The second-order valence-corrected chi connectivity index (χ2v) is 7.90. The van der Waals surface area contributed by atoms with Gasteiger partial charge in [-0.1, -0.05) is 36.4 Å². The predicted octanol–water partition coefficient (Wildman–Crippen LogP) is 5.60. The molecular weight excluding hydrogens is 373 g/mol. The molecule has 1 aliphatic rings. The van der Waals surface area contributed by atoms with E-state index in [1.807, 2.05) is 48.5 Å². The maximum Gasteiger partial charge on any atom is 0.228 e. The smallest absolute Gasteiger partial charge is 0.228 e. The standard InChI is InChI=1S/C23H20FNO2S/c1-27-19-12-8-17(9-13-19)22-14-23(26)25(15-16-6-10-18(24)11-7-16)20-4-2-3-5-21(20)28-22/h2-13,22H,14-15H2,1H3/t22-/m0/s1. The third-order valence-corrected chi connectivity index (χ3v) is 6.15. The van der Waals surface area contributed by atoms with Gasteiger partial charge in [0.15, 0.2) is 0 Å². The molecule has 142 valence electrons. The summed E-state index contributed by atoms with van der Waals surface area (Å²) in [5.74, 6) is 0.580. The zero-order valence-electron chi connectivity index (χ0n) is 15.5. The van der Waals surface area contributed by atoms with Gasteiger partial charge in [0, 0.05) is 16.6 Å². The first kappa shape index (κ1) is 18.6. The Morgan fingerprint density at radius 1 is 1.04 bits per heavy atom. The number of benzene rings is 3. The number of carbonyl (C=O) groups is 1. The molecule has 3 nitrogen and oxygen atoms in total. The van der Waals surface area contributed by atoms with Gasteiger partial charge in [-0.3, -0.25) is 4.79 Å². The summed E-state index contributed by atoms with van der Waals surface area (Å²) in [5, 5.41) is 0.0257. The van der Waals surface area contributed by atoms with Gasteiger partial charge in [-0.15, -0.1) is 11.8 Å². The lowest BCUT2D eigenvalue weighted by Gasteiger charge is -2.22. The van der Waals surface area contributed by atoms with Crippen LogP contribution in [-0.4, -0.2) is 13.0 Å². The quantitative estimate of drug-likeness (QED) is 0.577. The number of carbonyl (C=O) groups excluding carboxylic acids is 1. The van der Waals surface area contributed by atoms with Gasteiger partial charge >= 0.3 is 0 Å². The Kier molecular flexibility index (Phi) is 5.35. The van der Waals surface area contributed by atoms with Crippen molar-refractivity contribution in [1.82, 2.24) is 0 Å². The lowest BCUT2D eigenvalue weighted by Crippen LogP contribution is -2.30. The summed E-state index contributed by atoms with van der Waals surface area (Å²) in [6, 6.07) is 22.1. The van der Waals surface area contributed by atoms with Crippen LogP contribution in [0.2, 0.25) is 0 Å². The molecular formula is C23H20FNO2S. The van der Waals surface area contributed by atoms with Crippen molar-refractivity contribution >= 4 is 23.4 Å². The molecule has 1 amide bonds. The Bertz CT molecular complexity index is 973. The Labute approximate surface area is 168 Å². The number of para-hydroxylation sites is 1. The van der Waals surface area contributed by atoms with Crippen molar-refractivity contribution in [3.63, 3.8) is 0 Å². The summed E-state index contributed by atoms with van der Waals surface area (Å²) in [5.41, 5.74) is 2.90. The second-order valence-electron chi connectivity index (χ2n) is 6.66. The van der Waals surface area contributed by atoms with Gasteiger partial charge in [-0.25, -0.2) is 4.39 Å². The van der Waals surface area contributed by atoms with Crippen molar-refractivity contribution < 1.29 is 13.9 Å². The molecule has 0 saturated carbocycles. The molecule has 0 spiro atoms. The molecule has 4 rings (SSSR count). The number of hydrogen-bond acceptors (Lipinski definition) is 3. The first-order valence-corrected chi connectivity index (χ1v) is 9.96. The van der Waals surface area contributed by atoms with E-state index >= 15 is 0 Å². The molecule has 0 aliphatic carbocycles. The molecule has 28 heavy (non-hydrogen) atoms. The Morgan fingerprint density at radius 3 is 2.46 bits per heavy atom. The molecule has 0 fully saturated rings. The fraction of sp³-hybridized carbons (Fsp3) is 0.174. The predicted molar refractivity (Wildman–Crippen MR) is 110 cm³/mol. The molecule has 0 radical (unpaired) electrons. The summed E-state index contributed by atoms with van der Waals surface area (Å²) >= 11 is 1.70. The SMILES string of the molecule is COc1ccc([C@@H]2CC(=O)N(Cc3ccc(F)cc3)c3ccccc3S2)cc1. The average molecular weight is 393 g/mol. The number of anilines is 1. The first-order valence-electron chi connectivity index (χ1n) is 9.08. The fourth-order valence-electron chi connectivity index (χ4n) is 3.33. The van der Waals surface area contributed by atoms with Gasteiger partial charge in [0.25, 0.3) is 0 Å². The molecule has 0 unspecified atom stereocenters. The molecule has 1 aliphatic heterocycles. The van der Waals surface area contributed by atoms with Gasteiger partial charge in [0.05, 0.1) is 19.3 Å². The van der Waals surface area contributed by atoms with Gasteiger partial charge < -0.3 is 9.64 Å². The number of fused-ring (bicyclic) bond motifs is 1. The van der Waals surface area contributed by atoms with Crippen LogP contribution in [0.3, 0.4) is 0 Å². The molecule has 5 heteroatoms. The van der Waals surface area contributed by atoms with Crippen molar-refractivity contribution in [1.29, 1.82) is 0 Å². The molecule has 0 bridgehead atoms. The first-order chi connectivity index (χ1) is 13.6. The summed E-state index contributed by atoms with van der Waals surface area (Å²) < 4.78 is 18.5. The number of hydrogen-bond donors (Lipinski definition) is 0. The number of rotatable bonds is 4. The number of thioether (sulfide) groups is 1. The number of ether oxygens (including phenoxy) is 1. The molecule has 3 aromatic rings. The van der Waals surface area contributed by atoms with E-state index < -0.39 is 0 Å². The zero-order valence-corrected chi connectivity index (χ0v) is 16.3. The third kappa shape index (κ3) is 3.90. The van der Waals surface area contributed by atoms with Crippen molar-refractivity contribution in [2.75, 3.05) is 12.0 Å². The highest BCUT2D eigenvalue weighted by Gasteiger charge is 2.29. The van der Waals surface area contributed by atoms with E-state index in [1.54, 1.807) is 35.9 Å². The molecule has 1 heterocycles. The molecule has 0 saturated heterocycles. The van der Waals surface area contributed by atoms with Crippen molar-refractivity contribution in [3.05, 3.63) is 89.7 Å². The Morgan fingerprint density at radius 2 is 1.75 bits per heavy atom. The lowest BCUT2D eigenvalue weighted by atomic mass is 10.1. The molecule has 0 aromatic heterocycles.